The topological polar surface area (TPSA) is 58.6 Å². The number of rotatable bonds is 4. The first-order chi connectivity index (χ1) is 14.0. The number of carbonyl (C=O) groups is 2. The Bertz CT molecular complexity index is 1080. The van der Waals surface area contributed by atoms with E-state index in [2.05, 4.69) is 5.32 Å². The van der Waals surface area contributed by atoms with Gasteiger partial charge >= 0.3 is 0 Å². The summed E-state index contributed by atoms with van der Waals surface area (Å²) in [4.78, 5) is 26.2. The van der Waals surface area contributed by atoms with Crippen molar-refractivity contribution < 1.29 is 23.1 Å². The summed E-state index contributed by atoms with van der Waals surface area (Å²) < 4.78 is 32.4. The second-order valence-corrected chi connectivity index (χ2v) is 6.51. The van der Waals surface area contributed by atoms with E-state index in [1.807, 2.05) is 18.2 Å². The summed E-state index contributed by atoms with van der Waals surface area (Å²) in [5.41, 5.74) is 1.55. The number of halogens is 2. The summed E-state index contributed by atoms with van der Waals surface area (Å²) in [7, 11) is 0. The van der Waals surface area contributed by atoms with Crippen LogP contribution in [0.15, 0.2) is 66.7 Å². The number of fused-ring (bicyclic) bond motifs is 1. The Morgan fingerprint density at radius 2 is 1.79 bits per heavy atom. The minimum Gasteiger partial charge on any atom is -0.482 e. The predicted molar refractivity (Wildman–Crippen MR) is 104 cm³/mol. The van der Waals surface area contributed by atoms with E-state index in [4.69, 9.17) is 4.74 Å². The number of nitrogens with one attached hydrogen (secondary N) is 1. The molecular weight excluding hydrogens is 378 g/mol. The highest BCUT2D eigenvalue weighted by molar-refractivity contribution is 6.04. The maximum Gasteiger partial charge on any atom is 0.265 e. The molecule has 1 N–H and O–H groups in total. The zero-order valence-corrected chi connectivity index (χ0v) is 15.2. The van der Waals surface area contributed by atoms with E-state index in [0.29, 0.717) is 18.0 Å². The number of hydrogen-bond acceptors (Lipinski definition) is 3. The van der Waals surface area contributed by atoms with Gasteiger partial charge in [-0.3, -0.25) is 9.59 Å². The normalized spacial score (nSPS) is 12.9. The van der Waals surface area contributed by atoms with Crippen LogP contribution in [0.4, 0.5) is 20.2 Å². The molecule has 0 bridgehead atoms. The van der Waals surface area contributed by atoms with Crippen LogP contribution in [0.2, 0.25) is 0 Å². The lowest BCUT2D eigenvalue weighted by atomic mass is 10.1. The van der Waals surface area contributed by atoms with Gasteiger partial charge in [0, 0.05) is 11.6 Å². The van der Waals surface area contributed by atoms with Crippen LogP contribution >= 0.6 is 0 Å². The highest BCUT2D eigenvalue weighted by Gasteiger charge is 2.25. The molecule has 5 nitrogen and oxygen atoms in total. The van der Waals surface area contributed by atoms with Gasteiger partial charge in [-0.15, -0.1) is 0 Å². The van der Waals surface area contributed by atoms with Gasteiger partial charge in [-0.05, 0) is 42.0 Å². The Hall–Kier alpha value is -3.74. The van der Waals surface area contributed by atoms with Crippen molar-refractivity contribution in [2.24, 2.45) is 0 Å². The SMILES string of the molecule is O=C(Nc1cc(F)ccc1F)c1ccc(CN2C(=O)COc3ccccc32)cc1. The maximum absolute atomic E-state index is 13.7. The average molecular weight is 394 g/mol. The van der Waals surface area contributed by atoms with Crippen molar-refractivity contribution in [3.8, 4) is 5.75 Å². The third kappa shape index (κ3) is 3.94. The lowest BCUT2D eigenvalue weighted by Gasteiger charge is -2.29. The van der Waals surface area contributed by atoms with Crippen molar-refractivity contribution in [1.82, 2.24) is 0 Å². The molecule has 0 radical (unpaired) electrons. The lowest BCUT2D eigenvalue weighted by Crippen LogP contribution is -2.38. The van der Waals surface area contributed by atoms with Crippen molar-refractivity contribution in [3.63, 3.8) is 0 Å². The molecule has 1 aliphatic heterocycles. The Morgan fingerprint density at radius 1 is 1.03 bits per heavy atom. The maximum atomic E-state index is 13.7. The molecule has 0 saturated heterocycles. The number of anilines is 2. The van der Waals surface area contributed by atoms with Gasteiger partial charge < -0.3 is 15.0 Å². The Labute approximate surface area is 165 Å². The van der Waals surface area contributed by atoms with Crippen molar-refractivity contribution in [1.29, 1.82) is 0 Å². The molecule has 0 aromatic heterocycles. The molecule has 0 unspecified atom stereocenters. The number of amides is 2. The van der Waals surface area contributed by atoms with Crippen molar-refractivity contribution in [3.05, 3.63) is 89.5 Å². The summed E-state index contributed by atoms with van der Waals surface area (Å²) in [5.74, 6) is -1.45. The molecule has 0 spiro atoms. The monoisotopic (exact) mass is 394 g/mol. The number of benzene rings is 3. The number of nitrogens with zero attached hydrogens (tertiary/aromatic N) is 1. The van der Waals surface area contributed by atoms with E-state index >= 15 is 0 Å². The summed E-state index contributed by atoms with van der Waals surface area (Å²) in [6.45, 7) is 0.288. The third-order valence-corrected chi connectivity index (χ3v) is 4.54. The molecule has 2 amide bonds. The van der Waals surface area contributed by atoms with Crippen LogP contribution in [0, 0.1) is 11.6 Å². The Morgan fingerprint density at radius 3 is 2.59 bits per heavy atom. The zero-order valence-electron chi connectivity index (χ0n) is 15.2. The van der Waals surface area contributed by atoms with Crippen LogP contribution in [0.5, 0.6) is 5.75 Å². The van der Waals surface area contributed by atoms with E-state index in [-0.39, 0.29) is 23.8 Å². The van der Waals surface area contributed by atoms with Crippen LogP contribution < -0.4 is 15.0 Å². The van der Waals surface area contributed by atoms with Gasteiger partial charge in [0.25, 0.3) is 11.8 Å². The van der Waals surface area contributed by atoms with Crippen molar-refractivity contribution in [2.45, 2.75) is 6.54 Å². The van der Waals surface area contributed by atoms with Crippen LogP contribution in [-0.2, 0) is 11.3 Å². The Balaban J connectivity index is 1.49. The van der Waals surface area contributed by atoms with Gasteiger partial charge in [-0.2, -0.15) is 0 Å². The van der Waals surface area contributed by atoms with E-state index in [9.17, 15) is 18.4 Å². The van der Waals surface area contributed by atoms with Crippen molar-refractivity contribution >= 4 is 23.2 Å². The summed E-state index contributed by atoms with van der Waals surface area (Å²) in [6, 6.07) is 16.7. The second kappa shape index (κ2) is 7.71. The van der Waals surface area contributed by atoms with Gasteiger partial charge in [-0.1, -0.05) is 24.3 Å². The molecule has 3 aromatic carbocycles. The standard InChI is InChI=1S/C22H16F2N2O3/c23-16-9-10-17(24)18(11-16)25-22(28)15-7-5-14(6-8-15)12-26-19-3-1-2-4-20(19)29-13-21(26)27/h1-11H,12-13H2,(H,25,28). The van der Waals surface area contributed by atoms with Crippen molar-refractivity contribution in [2.75, 3.05) is 16.8 Å². The van der Waals surface area contributed by atoms with E-state index in [1.54, 1.807) is 35.2 Å². The molecular formula is C22H16F2N2O3. The molecule has 0 aliphatic carbocycles. The summed E-state index contributed by atoms with van der Waals surface area (Å²) in [5, 5.41) is 2.35. The van der Waals surface area contributed by atoms with Crippen LogP contribution in [0.25, 0.3) is 0 Å². The van der Waals surface area contributed by atoms with Crippen LogP contribution in [0.1, 0.15) is 15.9 Å². The fourth-order valence-corrected chi connectivity index (χ4v) is 3.06. The largest absolute Gasteiger partial charge is 0.482 e. The molecule has 7 heteroatoms. The van der Waals surface area contributed by atoms with Gasteiger partial charge in [0.15, 0.2) is 6.61 Å². The number of ether oxygens (including phenoxy) is 1. The number of carbonyl (C=O) groups excluding carboxylic acids is 2. The molecule has 1 heterocycles. The highest BCUT2D eigenvalue weighted by Crippen LogP contribution is 2.32. The second-order valence-electron chi connectivity index (χ2n) is 6.51. The van der Waals surface area contributed by atoms with Gasteiger partial charge in [-0.25, -0.2) is 8.78 Å². The zero-order chi connectivity index (χ0) is 20.4. The molecule has 0 atom stereocenters. The van der Waals surface area contributed by atoms with E-state index in [1.165, 1.54) is 0 Å². The molecule has 146 valence electrons. The Kier molecular flexibility index (Phi) is 4.95. The first kappa shape index (κ1) is 18.6. The fraction of sp³-hybridized carbons (Fsp3) is 0.0909. The minimum absolute atomic E-state index is 0.0310. The van der Waals surface area contributed by atoms with Gasteiger partial charge in [0.2, 0.25) is 0 Å². The van der Waals surface area contributed by atoms with Crippen LogP contribution in [-0.4, -0.2) is 18.4 Å². The molecule has 0 saturated carbocycles. The third-order valence-electron chi connectivity index (χ3n) is 4.54. The van der Waals surface area contributed by atoms with E-state index < -0.39 is 17.5 Å². The first-order valence-electron chi connectivity index (χ1n) is 8.89. The number of hydrogen-bond donors (Lipinski definition) is 1. The summed E-state index contributed by atoms with van der Waals surface area (Å²) in [6.07, 6.45) is 0. The van der Waals surface area contributed by atoms with Gasteiger partial charge in [0.1, 0.15) is 17.4 Å². The quantitative estimate of drug-likeness (QED) is 0.724. The first-order valence-corrected chi connectivity index (χ1v) is 8.89. The number of para-hydroxylation sites is 2. The average Bonchev–Trinajstić information content (AvgIpc) is 2.73. The van der Waals surface area contributed by atoms with Crippen LogP contribution in [0.3, 0.4) is 0 Å². The van der Waals surface area contributed by atoms with E-state index in [0.717, 1.165) is 23.8 Å². The molecule has 0 fully saturated rings. The minimum atomic E-state index is -0.721. The molecule has 29 heavy (non-hydrogen) atoms. The lowest BCUT2D eigenvalue weighted by molar-refractivity contribution is -0.121. The highest BCUT2D eigenvalue weighted by atomic mass is 19.1. The predicted octanol–water partition coefficient (Wildman–Crippen LogP) is 4.14. The fourth-order valence-electron chi connectivity index (χ4n) is 3.06. The smallest absolute Gasteiger partial charge is 0.265 e. The van der Waals surface area contributed by atoms with Gasteiger partial charge in [0.05, 0.1) is 17.9 Å². The summed E-state index contributed by atoms with van der Waals surface area (Å²) >= 11 is 0. The molecule has 1 aliphatic rings. The molecule has 4 rings (SSSR count). The molecule has 3 aromatic rings.